The maximum atomic E-state index is 12.0. The molecular weight excluding hydrogens is 279 g/mol. The van der Waals surface area contributed by atoms with Gasteiger partial charge in [0.2, 0.25) is 0 Å². The molecular formula is C17H24BO4. The third-order valence-corrected chi connectivity index (χ3v) is 4.73. The summed E-state index contributed by atoms with van der Waals surface area (Å²) in [5.74, 6) is -0.178. The summed E-state index contributed by atoms with van der Waals surface area (Å²) < 4.78 is 10.7. The lowest BCUT2D eigenvalue weighted by Crippen LogP contribution is -2.49. The minimum absolute atomic E-state index is 0.178. The molecule has 5 heteroatoms. The van der Waals surface area contributed by atoms with Gasteiger partial charge < -0.3 is 14.5 Å². The number of hydrogen-bond acceptors (Lipinski definition) is 4. The number of ether oxygens (including phenoxy) is 1. The summed E-state index contributed by atoms with van der Waals surface area (Å²) in [6.07, 6.45) is 1.64. The van der Waals surface area contributed by atoms with Crippen LogP contribution in [0.5, 0.6) is 0 Å². The van der Waals surface area contributed by atoms with E-state index in [2.05, 4.69) is 0 Å². The van der Waals surface area contributed by atoms with Crippen LogP contribution >= 0.6 is 0 Å². The number of hydrogen-bond donors (Lipinski definition) is 1. The molecule has 0 spiro atoms. The Bertz CT molecular complexity index is 556. The van der Waals surface area contributed by atoms with Gasteiger partial charge in [-0.3, -0.25) is 4.79 Å². The van der Waals surface area contributed by atoms with Gasteiger partial charge in [0.1, 0.15) is 0 Å². The number of esters is 1. The van der Waals surface area contributed by atoms with Gasteiger partial charge in [-0.05, 0) is 46.1 Å². The van der Waals surface area contributed by atoms with E-state index in [1.54, 1.807) is 21.3 Å². The summed E-state index contributed by atoms with van der Waals surface area (Å²) in [6, 6.07) is 7.72. The SMILES string of the molecule is COC(=O)C1(c2cccc([B]OC(C)(C)C(C)(C)O)c2)CC1. The fourth-order valence-corrected chi connectivity index (χ4v) is 2.20. The van der Waals surface area contributed by atoms with E-state index in [0.29, 0.717) is 0 Å². The number of carbonyl (C=O) groups excluding carboxylic acids is 1. The van der Waals surface area contributed by atoms with Crippen molar-refractivity contribution < 1.29 is 19.3 Å². The van der Waals surface area contributed by atoms with Crippen LogP contribution in [-0.4, -0.2) is 36.9 Å². The molecule has 22 heavy (non-hydrogen) atoms. The summed E-state index contributed by atoms with van der Waals surface area (Å²) in [6.45, 7) is 7.11. The summed E-state index contributed by atoms with van der Waals surface area (Å²) in [5, 5.41) is 10.1. The van der Waals surface area contributed by atoms with Crippen molar-refractivity contribution in [2.24, 2.45) is 0 Å². The van der Waals surface area contributed by atoms with Crippen LogP contribution in [0.1, 0.15) is 46.1 Å². The molecule has 0 bridgehead atoms. The average molecular weight is 303 g/mol. The Labute approximate surface area is 133 Å². The predicted molar refractivity (Wildman–Crippen MR) is 86.2 cm³/mol. The Kier molecular flexibility index (Phi) is 4.42. The molecule has 1 aliphatic carbocycles. The standard InChI is InChI=1S/C17H24BO4/c1-15(2,20)16(3,4)22-18-13-8-6-7-12(11-13)17(9-10-17)14(19)21-5/h6-8,11,20H,9-10H2,1-5H3. The van der Waals surface area contributed by atoms with Crippen LogP contribution in [-0.2, 0) is 19.6 Å². The fourth-order valence-electron chi connectivity index (χ4n) is 2.20. The van der Waals surface area contributed by atoms with Crippen LogP contribution < -0.4 is 5.46 Å². The van der Waals surface area contributed by atoms with E-state index in [-0.39, 0.29) is 5.97 Å². The van der Waals surface area contributed by atoms with Gasteiger partial charge in [0, 0.05) is 0 Å². The highest BCUT2D eigenvalue weighted by Gasteiger charge is 2.52. The van der Waals surface area contributed by atoms with Crippen LogP contribution in [0.3, 0.4) is 0 Å². The Morgan fingerprint density at radius 1 is 1.27 bits per heavy atom. The summed E-state index contributed by atoms with van der Waals surface area (Å²) >= 11 is 0. The lowest BCUT2D eigenvalue weighted by atomic mass is 9.80. The predicted octanol–water partition coefficient (Wildman–Crippen LogP) is 1.70. The molecule has 4 nitrogen and oxygen atoms in total. The molecule has 1 radical (unpaired) electrons. The molecule has 0 saturated heterocycles. The van der Waals surface area contributed by atoms with Crippen molar-refractivity contribution in [2.45, 2.75) is 57.2 Å². The second-order valence-electron chi connectivity index (χ2n) is 7.00. The molecule has 0 heterocycles. The normalized spacial score (nSPS) is 17.0. The average Bonchev–Trinajstić information content (AvgIpc) is 3.25. The number of aliphatic hydroxyl groups is 1. The van der Waals surface area contributed by atoms with Crippen molar-refractivity contribution in [3.8, 4) is 0 Å². The van der Waals surface area contributed by atoms with E-state index in [1.165, 1.54) is 7.11 Å². The lowest BCUT2D eigenvalue weighted by Gasteiger charge is -2.37. The molecule has 0 atom stereocenters. The van der Waals surface area contributed by atoms with Gasteiger partial charge in [-0.2, -0.15) is 0 Å². The summed E-state index contributed by atoms with van der Waals surface area (Å²) in [5.41, 5.74) is -0.347. The Balaban J connectivity index is 2.12. The van der Waals surface area contributed by atoms with Crippen molar-refractivity contribution in [1.82, 2.24) is 0 Å². The highest BCUT2D eigenvalue weighted by molar-refractivity contribution is 6.47. The van der Waals surface area contributed by atoms with E-state index in [9.17, 15) is 9.90 Å². The summed E-state index contributed by atoms with van der Waals surface area (Å²) in [4.78, 5) is 12.0. The maximum Gasteiger partial charge on any atom is 0.330 e. The van der Waals surface area contributed by atoms with Crippen molar-refractivity contribution in [1.29, 1.82) is 0 Å². The molecule has 0 aromatic heterocycles. The molecule has 0 amide bonds. The van der Waals surface area contributed by atoms with Gasteiger partial charge in [-0.1, -0.05) is 29.7 Å². The van der Waals surface area contributed by atoms with Crippen LogP contribution in [0.25, 0.3) is 0 Å². The zero-order valence-corrected chi connectivity index (χ0v) is 14.0. The monoisotopic (exact) mass is 303 g/mol. The molecule has 1 N–H and O–H groups in total. The van der Waals surface area contributed by atoms with Crippen LogP contribution in [0.2, 0.25) is 0 Å². The molecule has 2 rings (SSSR count). The number of methoxy groups -OCH3 is 1. The topological polar surface area (TPSA) is 55.8 Å². The molecule has 119 valence electrons. The van der Waals surface area contributed by atoms with E-state index < -0.39 is 16.6 Å². The highest BCUT2D eigenvalue weighted by atomic mass is 16.5. The van der Waals surface area contributed by atoms with Crippen molar-refractivity contribution in [2.75, 3.05) is 7.11 Å². The van der Waals surface area contributed by atoms with Crippen molar-refractivity contribution in [3.05, 3.63) is 29.8 Å². The second-order valence-corrected chi connectivity index (χ2v) is 7.00. The van der Waals surface area contributed by atoms with Gasteiger partial charge >= 0.3 is 13.5 Å². The van der Waals surface area contributed by atoms with E-state index in [0.717, 1.165) is 23.9 Å². The summed E-state index contributed by atoms with van der Waals surface area (Å²) in [7, 11) is 3.06. The second kappa shape index (κ2) is 5.71. The van der Waals surface area contributed by atoms with Crippen LogP contribution in [0.4, 0.5) is 0 Å². The first-order chi connectivity index (χ1) is 10.1. The maximum absolute atomic E-state index is 12.0. The first-order valence-corrected chi connectivity index (χ1v) is 7.55. The molecule has 0 aliphatic heterocycles. The Hall–Kier alpha value is -1.33. The minimum atomic E-state index is -0.967. The third kappa shape index (κ3) is 3.20. The van der Waals surface area contributed by atoms with Gasteiger partial charge in [-0.25, -0.2) is 0 Å². The Morgan fingerprint density at radius 3 is 2.41 bits per heavy atom. The molecule has 1 aromatic rings. The van der Waals surface area contributed by atoms with Crippen LogP contribution in [0.15, 0.2) is 24.3 Å². The molecule has 1 fully saturated rings. The third-order valence-electron chi connectivity index (χ3n) is 4.73. The van der Waals surface area contributed by atoms with E-state index in [1.807, 2.05) is 38.1 Å². The van der Waals surface area contributed by atoms with Gasteiger partial charge in [0.15, 0.2) is 0 Å². The lowest BCUT2D eigenvalue weighted by molar-refractivity contribution is -0.143. The molecule has 1 aromatic carbocycles. The van der Waals surface area contributed by atoms with Crippen LogP contribution in [0, 0.1) is 0 Å². The van der Waals surface area contributed by atoms with E-state index >= 15 is 0 Å². The van der Waals surface area contributed by atoms with Gasteiger partial charge in [0.25, 0.3) is 0 Å². The first-order valence-electron chi connectivity index (χ1n) is 7.55. The first kappa shape index (κ1) is 17.0. The van der Waals surface area contributed by atoms with E-state index in [4.69, 9.17) is 9.39 Å². The molecule has 1 aliphatic rings. The fraction of sp³-hybridized carbons (Fsp3) is 0.588. The highest BCUT2D eigenvalue weighted by Crippen LogP contribution is 2.48. The largest absolute Gasteiger partial charge is 0.468 e. The zero-order chi connectivity index (χ0) is 16.6. The van der Waals surface area contributed by atoms with Gasteiger partial charge in [0.05, 0.1) is 23.7 Å². The number of benzene rings is 1. The van der Waals surface area contributed by atoms with Gasteiger partial charge in [-0.15, -0.1) is 0 Å². The number of carbonyl (C=O) groups is 1. The molecule has 0 unspecified atom stereocenters. The smallest absolute Gasteiger partial charge is 0.330 e. The molecule has 1 saturated carbocycles. The zero-order valence-electron chi connectivity index (χ0n) is 14.0. The minimum Gasteiger partial charge on any atom is -0.468 e. The quantitative estimate of drug-likeness (QED) is 0.642. The Morgan fingerprint density at radius 2 is 1.91 bits per heavy atom. The van der Waals surface area contributed by atoms with Crippen molar-refractivity contribution >= 4 is 18.9 Å². The van der Waals surface area contributed by atoms with Crippen molar-refractivity contribution in [3.63, 3.8) is 0 Å². The number of rotatable bonds is 6.